The lowest BCUT2D eigenvalue weighted by molar-refractivity contribution is -0.185. The van der Waals surface area contributed by atoms with Crippen LogP contribution in [0.3, 0.4) is 0 Å². The number of carbonyl (C=O) groups is 3. The largest absolute Gasteiger partial charge is 0.480 e. The summed E-state index contributed by atoms with van der Waals surface area (Å²) in [5.41, 5.74) is -3.47. The molecule has 0 saturated carbocycles. The molecular weight excluding hydrogens is 252 g/mol. The second-order valence-electron chi connectivity index (χ2n) is 5.95. The van der Waals surface area contributed by atoms with E-state index in [1.54, 1.807) is 20.8 Å². The summed E-state index contributed by atoms with van der Waals surface area (Å²) >= 11 is 0. The smallest absolute Gasteiger partial charge is 0.335 e. The molecule has 0 saturated heterocycles. The monoisotopic (exact) mass is 274 g/mol. The van der Waals surface area contributed by atoms with Gasteiger partial charge in [-0.1, -0.05) is 13.8 Å². The van der Waals surface area contributed by atoms with Crippen LogP contribution < -0.4 is 0 Å². The molecule has 0 bridgehead atoms. The Bertz CT molecular complexity index is 350. The summed E-state index contributed by atoms with van der Waals surface area (Å²) in [4.78, 5) is 34.6. The second kappa shape index (κ2) is 6.04. The Balaban J connectivity index is 5.41. The summed E-state index contributed by atoms with van der Waals surface area (Å²) in [6.07, 6.45) is 0.0160. The highest BCUT2D eigenvalue weighted by Gasteiger charge is 2.55. The fourth-order valence-corrected chi connectivity index (χ4v) is 1.45. The third-order valence-corrected chi connectivity index (χ3v) is 2.57. The summed E-state index contributed by atoms with van der Waals surface area (Å²) < 4.78 is 4.96. The van der Waals surface area contributed by atoms with Crippen molar-refractivity contribution in [3.05, 3.63) is 0 Å². The molecule has 0 unspecified atom stereocenters. The maximum atomic E-state index is 12.0. The fraction of sp³-hybridized carbons (Fsp3) is 0.769. The van der Waals surface area contributed by atoms with E-state index in [1.807, 2.05) is 13.8 Å². The molecule has 0 spiro atoms. The van der Waals surface area contributed by atoms with Crippen LogP contribution in [0, 0.1) is 11.3 Å². The first-order valence-corrected chi connectivity index (χ1v) is 6.13. The van der Waals surface area contributed by atoms with E-state index < -0.39 is 28.9 Å². The summed E-state index contributed by atoms with van der Waals surface area (Å²) in [6, 6.07) is 0. The first-order chi connectivity index (χ1) is 8.43. The van der Waals surface area contributed by atoms with Gasteiger partial charge in [-0.2, -0.15) is 0 Å². The molecule has 110 valence electrons. The normalized spacial score (nSPS) is 12.3. The molecule has 6 heteroatoms. The van der Waals surface area contributed by atoms with Crippen molar-refractivity contribution in [2.45, 2.75) is 53.1 Å². The minimum Gasteiger partial charge on any atom is -0.480 e. The van der Waals surface area contributed by atoms with Gasteiger partial charge in [0.05, 0.1) is 0 Å². The lowest BCUT2D eigenvalue weighted by atomic mass is 9.81. The number of ether oxygens (including phenoxy) is 1. The van der Waals surface area contributed by atoms with Crippen LogP contribution in [0.15, 0.2) is 0 Å². The van der Waals surface area contributed by atoms with Crippen molar-refractivity contribution < 1.29 is 29.3 Å². The lowest BCUT2D eigenvalue weighted by Crippen LogP contribution is -2.49. The molecule has 0 radical (unpaired) electrons. The molecule has 0 aromatic carbocycles. The Kier molecular flexibility index (Phi) is 5.53. The molecule has 0 aromatic rings. The second-order valence-corrected chi connectivity index (χ2v) is 5.95. The fourth-order valence-electron chi connectivity index (χ4n) is 1.45. The van der Waals surface area contributed by atoms with E-state index in [0.29, 0.717) is 6.42 Å². The van der Waals surface area contributed by atoms with Gasteiger partial charge in [-0.15, -0.1) is 0 Å². The number of carbonyl (C=O) groups excluding carboxylic acids is 1. The summed E-state index contributed by atoms with van der Waals surface area (Å²) in [7, 11) is 0. The summed E-state index contributed by atoms with van der Waals surface area (Å²) in [6.45, 7) is 8.32. The van der Waals surface area contributed by atoms with Gasteiger partial charge in [0.1, 0.15) is 5.60 Å². The van der Waals surface area contributed by atoms with E-state index in [4.69, 9.17) is 4.74 Å². The molecule has 0 aliphatic heterocycles. The van der Waals surface area contributed by atoms with Crippen molar-refractivity contribution in [3.8, 4) is 0 Å². The van der Waals surface area contributed by atoms with Gasteiger partial charge in [-0.3, -0.25) is 14.4 Å². The van der Waals surface area contributed by atoms with Gasteiger partial charge in [0, 0.05) is 0 Å². The molecular formula is C13H22O6. The maximum absolute atomic E-state index is 12.0. The van der Waals surface area contributed by atoms with Crippen LogP contribution in [0.25, 0.3) is 0 Å². The van der Waals surface area contributed by atoms with Crippen molar-refractivity contribution in [1.29, 1.82) is 0 Å². The van der Waals surface area contributed by atoms with Crippen molar-refractivity contribution in [2.75, 3.05) is 0 Å². The number of carboxylic acid groups (broad SMARTS) is 2. The Hall–Kier alpha value is -1.59. The zero-order valence-electron chi connectivity index (χ0n) is 12.0. The maximum Gasteiger partial charge on any atom is 0.335 e. The third kappa shape index (κ3) is 4.54. The van der Waals surface area contributed by atoms with Crippen molar-refractivity contribution in [1.82, 2.24) is 0 Å². The number of carboxylic acids is 2. The van der Waals surface area contributed by atoms with Gasteiger partial charge >= 0.3 is 17.9 Å². The Morgan fingerprint density at radius 2 is 1.47 bits per heavy atom. The van der Waals surface area contributed by atoms with Gasteiger partial charge < -0.3 is 14.9 Å². The highest BCUT2D eigenvalue weighted by atomic mass is 16.6. The average Bonchev–Trinajstić information content (AvgIpc) is 2.13. The summed E-state index contributed by atoms with van der Waals surface area (Å²) in [5.74, 6) is -4.51. The van der Waals surface area contributed by atoms with Gasteiger partial charge in [-0.25, -0.2) is 0 Å². The van der Waals surface area contributed by atoms with Crippen LogP contribution >= 0.6 is 0 Å². The molecule has 0 fully saturated rings. The molecule has 0 heterocycles. The van der Waals surface area contributed by atoms with E-state index >= 15 is 0 Å². The minimum absolute atomic E-state index is 0.0838. The van der Waals surface area contributed by atoms with Crippen LogP contribution in [0.1, 0.15) is 47.5 Å². The highest BCUT2D eigenvalue weighted by Crippen LogP contribution is 2.30. The topological polar surface area (TPSA) is 101 Å². The first kappa shape index (κ1) is 17.4. The van der Waals surface area contributed by atoms with Crippen molar-refractivity contribution in [3.63, 3.8) is 0 Å². The molecule has 0 aliphatic rings. The number of rotatable bonds is 6. The van der Waals surface area contributed by atoms with Gasteiger partial charge in [0.15, 0.2) is 0 Å². The minimum atomic E-state index is -2.53. The molecule has 19 heavy (non-hydrogen) atoms. The van der Waals surface area contributed by atoms with Crippen LogP contribution in [0.2, 0.25) is 0 Å². The van der Waals surface area contributed by atoms with E-state index in [2.05, 4.69) is 0 Å². The first-order valence-electron chi connectivity index (χ1n) is 6.13. The highest BCUT2D eigenvalue weighted by molar-refractivity contribution is 6.16. The molecule has 0 amide bonds. The molecule has 0 aliphatic carbocycles. The number of esters is 1. The molecule has 2 N–H and O–H groups in total. The SMILES string of the molecule is CC(C)CCC(C(=O)O)(C(=O)O)C(=O)OC(C)(C)C. The number of hydrogen-bond acceptors (Lipinski definition) is 4. The van der Waals surface area contributed by atoms with E-state index in [-0.39, 0.29) is 12.3 Å². The Morgan fingerprint density at radius 3 is 1.74 bits per heavy atom. The molecule has 0 atom stereocenters. The lowest BCUT2D eigenvalue weighted by Gasteiger charge is -2.28. The Labute approximate surface area is 112 Å². The van der Waals surface area contributed by atoms with E-state index in [9.17, 15) is 24.6 Å². The number of aliphatic carboxylic acids is 2. The Morgan fingerprint density at radius 1 is 1.05 bits per heavy atom. The van der Waals surface area contributed by atoms with Crippen molar-refractivity contribution in [2.24, 2.45) is 11.3 Å². The molecule has 6 nitrogen and oxygen atoms in total. The third-order valence-electron chi connectivity index (χ3n) is 2.57. The molecule has 0 rings (SSSR count). The number of hydrogen-bond donors (Lipinski definition) is 2. The van der Waals surface area contributed by atoms with Gasteiger partial charge in [0.25, 0.3) is 5.41 Å². The zero-order valence-corrected chi connectivity index (χ0v) is 12.0. The van der Waals surface area contributed by atoms with Crippen LogP contribution in [0.4, 0.5) is 0 Å². The predicted molar refractivity (Wildman–Crippen MR) is 67.6 cm³/mol. The average molecular weight is 274 g/mol. The summed E-state index contributed by atoms with van der Waals surface area (Å²) in [5, 5.41) is 18.4. The van der Waals surface area contributed by atoms with Crippen LogP contribution in [-0.4, -0.2) is 33.7 Å². The van der Waals surface area contributed by atoms with E-state index in [1.165, 1.54) is 0 Å². The zero-order chi connectivity index (χ0) is 15.4. The predicted octanol–water partition coefficient (Wildman–Crippen LogP) is 1.92. The standard InChI is InChI=1S/C13H22O6/c1-8(2)6-7-13(9(14)15,10(16)17)11(18)19-12(3,4)5/h8H,6-7H2,1-5H3,(H,14,15)(H,16,17). The van der Waals surface area contributed by atoms with Gasteiger partial charge in [-0.05, 0) is 39.5 Å². The van der Waals surface area contributed by atoms with Gasteiger partial charge in [0.2, 0.25) is 0 Å². The van der Waals surface area contributed by atoms with Crippen LogP contribution in [0.5, 0.6) is 0 Å². The molecule has 0 aromatic heterocycles. The van der Waals surface area contributed by atoms with Crippen LogP contribution in [-0.2, 0) is 19.1 Å². The quantitative estimate of drug-likeness (QED) is 0.567. The van der Waals surface area contributed by atoms with E-state index in [0.717, 1.165) is 0 Å². The van der Waals surface area contributed by atoms with Crippen molar-refractivity contribution >= 4 is 17.9 Å².